The molecule has 0 fully saturated rings. The SMILES string of the molecule is NNC(Cc1ccccn1)c1cn[nH]c1N. The Labute approximate surface area is 93.0 Å². The molecule has 6 nitrogen and oxygen atoms in total. The monoisotopic (exact) mass is 218 g/mol. The number of rotatable bonds is 4. The molecule has 84 valence electrons. The van der Waals surface area contributed by atoms with Gasteiger partial charge in [-0.15, -0.1) is 0 Å². The van der Waals surface area contributed by atoms with Gasteiger partial charge in [-0.2, -0.15) is 5.10 Å². The van der Waals surface area contributed by atoms with E-state index in [1.807, 2.05) is 18.2 Å². The lowest BCUT2D eigenvalue weighted by Gasteiger charge is -2.14. The second kappa shape index (κ2) is 4.73. The molecule has 0 bridgehead atoms. The van der Waals surface area contributed by atoms with Crippen molar-refractivity contribution in [1.29, 1.82) is 0 Å². The molecule has 16 heavy (non-hydrogen) atoms. The van der Waals surface area contributed by atoms with Gasteiger partial charge in [0.2, 0.25) is 0 Å². The van der Waals surface area contributed by atoms with Crippen molar-refractivity contribution in [3.05, 3.63) is 41.9 Å². The van der Waals surface area contributed by atoms with Crippen LogP contribution in [0.2, 0.25) is 0 Å². The lowest BCUT2D eigenvalue weighted by Crippen LogP contribution is -2.30. The number of aromatic amines is 1. The van der Waals surface area contributed by atoms with Crippen molar-refractivity contribution < 1.29 is 0 Å². The van der Waals surface area contributed by atoms with Gasteiger partial charge >= 0.3 is 0 Å². The van der Waals surface area contributed by atoms with Crippen LogP contribution in [0.4, 0.5) is 5.82 Å². The quantitative estimate of drug-likeness (QED) is 0.431. The van der Waals surface area contributed by atoms with Crippen molar-refractivity contribution in [2.75, 3.05) is 5.73 Å². The summed E-state index contributed by atoms with van der Waals surface area (Å²) in [6, 6.07) is 5.67. The molecule has 2 heterocycles. The Kier molecular flexibility index (Phi) is 3.13. The molecule has 0 aliphatic rings. The Balaban J connectivity index is 2.16. The number of nitrogens with zero attached hydrogens (tertiary/aromatic N) is 2. The van der Waals surface area contributed by atoms with Gasteiger partial charge < -0.3 is 5.73 Å². The normalized spacial score (nSPS) is 12.6. The summed E-state index contributed by atoms with van der Waals surface area (Å²) >= 11 is 0. The van der Waals surface area contributed by atoms with Gasteiger partial charge in [0, 0.05) is 23.9 Å². The van der Waals surface area contributed by atoms with Crippen molar-refractivity contribution in [3.63, 3.8) is 0 Å². The van der Waals surface area contributed by atoms with Crippen LogP contribution in [0.15, 0.2) is 30.6 Å². The molecule has 0 saturated heterocycles. The second-order valence-electron chi connectivity index (χ2n) is 3.48. The smallest absolute Gasteiger partial charge is 0.123 e. The van der Waals surface area contributed by atoms with E-state index in [1.165, 1.54) is 0 Å². The molecule has 0 aliphatic heterocycles. The van der Waals surface area contributed by atoms with E-state index in [-0.39, 0.29) is 6.04 Å². The van der Waals surface area contributed by atoms with E-state index < -0.39 is 0 Å². The number of nitrogen functional groups attached to an aromatic ring is 1. The molecule has 0 saturated carbocycles. The predicted molar refractivity (Wildman–Crippen MR) is 61.0 cm³/mol. The predicted octanol–water partition coefficient (Wildman–Crippen LogP) is 0.134. The molecule has 0 aromatic carbocycles. The molecule has 2 rings (SSSR count). The zero-order valence-corrected chi connectivity index (χ0v) is 8.72. The highest BCUT2D eigenvalue weighted by molar-refractivity contribution is 5.39. The van der Waals surface area contributed by atoms with Gasteiger partial charge in [0.25, 0.3) is 0 Å². The molecule has 0 spiro atoms. The van der Waals surface area contributed by atoms with E-state index in [0.717, 1.165) is 11.3 Å². The summed E-state index contributed by atoms with van der Waals surface area (Å²) in [7, 11) is 0. The van der Waals surface area contributed by atoms with E-state index in [1.54, 1.807) is 12.4 Å². The molecule has 2 aromatic rings. The number of nitrogens with two attached hydrogens (primary N) is 2. The molecule has 2 aromatic heterocycles. The average Bonchev–Trinajstić information content (AvgIpc) is 2.74. The topological polar surface area (TPSA) is 106 Å². The molecule has 0 amide bonds. The van der Waals surface area contributed by atoms with Crippen molar-refractivity contribution in [1.82, 2.24) is 20.6 Å². The van der Waals surface area contributed by atoms with Gasteiger partial charge in [-0.25, -0.2) is 0 Å². The maximum absolute atomic E-state index is 5.74. The van der Waals surface area contributed by atoms with Crippen LogP contribution in [0.3, 0.4) is 0 Å². The Morgan fingerprint density at radius 2 is 2.31 bits per heavy atom. The number of H-pyrrole nitrogens is 1. The first-order chi connectivity index (χ1) is 7.81. The van der Waals surface area contributed by atoms with Crippen LogP contribution in [0.1, 0.15) is 17.3 Å². The van der Waals surface area contributed by atoms with Crippen LogP contribution < -0.4 is 17.0 Å². The highest BCUT2D eigenvalue weighted by atomic mass is 15.2. The molecule has 0 aliphatic carbocycles. The zero-order chi connectivity index (χ0) is 11.4. The lowest BCUT2D eigenvalue weighted by molar-refractivity contribution is 0.547. The fourth-order valence-electron chi connectivity index (χ4n) is 1.57. The van der Waals surface area contributed by atoms with Crippen molar-refractivity contribution >= 4 is 5.82 Å². The number of anilines is 1. The van der Waals surface area contributed by atoms with Gasteiger partial charge in [0.05, 0.1) is 12.2 Å². The largest absolute Gasteiger partial charge is 0.384 e. The van der Waals surface area contributed by atoms with E-state index in [0.29, 0.717) is 12.2 Å². The Morgan fingerprint density at radius 1 is 1.44 bits per heavy atom. The maximum Gasteiger partial charge on any atom is 0.123 e. The summed E-state index contributed by atoms with van der Waals surface area (Å²) in [6.07, 6.45) is 4.09. The standard InChI is InChI=1S/C10H14N6/c11-10-8(6-14-16-10)9(15-12)5-7-3-1-2-4-13-7/h1-4,6,9,15H,5,12H2,(H3,11,14,16). The summed E-state index contributed by atoms with van der Waals surface area (Å²) < 4.78 is 0. The third kappa shape index (κ3) is 2.18. The van der Waals surface area contributed by atoms with E-state index in [4.69, 9.17) is 11.6 Å². The molecule has 0 radical (unpaired) electrons. The summed E-state index contributed by atoms with van der Waals surface area (Å²) in [6.45, 7) is 0. The minimum absolute atomic E-state index is 0.0892. The zero-order valence-electron chi connectivity index (χ0n) is 8.72. The van der Waals surface area contributed by atoms with Crippen LogP contribution in [0.5, 0.6) is 0 Å². The summed E-state index contributed by atoms with van der Waals surface area (Å²) in [5.41, 5.74) is 10.3. The Bertz CT molecular complexity index is 438. The van der Waals surface area contributed by atoms with Crippen molar-refractivity contribution in [2.45, 2.75) is 12.5 Å². The fourth-order valence-corrected chi connectivity index (χ4v) is 1.57. The number of hydrazine groups is 1. The van der Waals surface area contributed by atoms with Gasteiger partial charge in [0.15, 0.2) is 0 Å². The molecular weight excluding hydrogens is 204 g/mol. The van der Waals surface area contributed by atoms with Crippen LogP contribution in [0, 0.1) is 0 Å². The third-order valence-electron chi connectivity index (χ3n) is 2.42. The van der Waals surface area contributed by atoms with Crippen LogP contribution in [-0.4, -0.2) is 15.2 Å². The third-order valence-corrected chi connectivity index (χ3v) is 2.42. The van der Waals surface area contributed by atoms with Gasteiger partial charge in [-0.1, -0.05) is 6.07 Å². The number of hydrogen-bond donors (Lipinski definition) is 4. The highest BCUT2D eigenvalue weighted by Gasteiger charge is 2.15. The van der Waals surface area contributed by atoms with Gasteiger partial charge in [-0.05, 0) is 12.1 Å². The number of hydrogen-bond acceptors (Lipinski definition) is 5. The van der Waals surface area contributed by atoms with Gasteiger partial charge in [-0.3, -0.25) is 21.4 Å². The summed E-state index contributed by atoms with van der Waals surface area (Å²) in [5, 5.41) is 6.55. The Hall–Kier alpha value is -1.92. The van der Waals surface area contributed by atoms with Crippen LogP contribution >= 0.6 is 0 Å². The average molecular weight is 218 g/mol. The van der Waals surface area contributed by atoms with E-state index >= 15 is 0 Å². The number of pyridine rings is 1. The maximum atomic E-state index is 5.74. The molecule has 1 atom stereocenters. The molecule has 1 unspecified atom stereocenters. The number of aromatic nitrogens is 3. The molecule has 6 heteroatoms. The van der Waals surface area contributed by atoms with E-state index in [9.17, 15) is 0 Å². The van der Waals surface area contributed by atoms with Crippen LogP contribution in [-0.2, 0) is 6.42 Å². The van der Waals surface area contributed by atoms with Crippen molar-refractivity contribution in [3.8, 4) is 0 Å². The van der Waals surface area contributed by atoms with E-state index in [2.05, 4.69) is 20.6 Å². The second-order valence-corrected chi connectivity index (χ2v) is 3.48. The number of nitrogens with one attached hydrogen (secondary N) is 2. The first kappa shape index (κ1) is 10.6. The first-order valence-corrected chi connectivity index (χ1v) is 4.96. The van der Waals surface area contributed by atoms with Gasteiger partial charge in [0.1, 0.15) is 5.82 Å². The van der Waals surface area contributed by atoms with Crippen LogP contribution in [0.25, 0.3) is 0 Å². The molecule has 6 N–H and O–H groups in total. The summed E-state index contributed by atoms with van der Waals surface area (Å²) in [4.78, 5) is 4.24. The minimum Gasteiger partial charge on any atom is -0.384 e. The van der Waals surface area contributed by atoms with Crippen molar-refractivity contribution in [2.24, 2.45) is 5.84 Å². The fraction of sp³-hybridized carbons (Fsp3) is 0.200. The first-order valence-electron chi connectivity index (χ1n) is 4.96. The minimum atomic E-state index is -0.0892. The summed E-state index contributed by atoms with van der Waals surface area (Å²) in [5.74, 6) is 6.03. The molecular formula is C10H14N6. The Morgan fingerprint density at radius 3 is 2.88 bits per heavy atom. The highest BCUT2D eigenvalue weighted by Crippen LogP contribution is 2.20. The lowest BCUT2D eigenvalue weighted by atomic mass is 10.1.